The Bertz CT molecular complexity index is 1650. The van der Waals surface area contributed by atoms with E-state index in [1.54, 1.807) is 0 Å². The number of hydrogen-bond acceptors (Lipinski definition) is 5. The molecule has 0 radical (unpaired) electrons. The third kappa shape index (κ3) is 64.3. The predicted molar refractivity (Wildman–Crippen MR) is 343 cm³/mol. The van der Waals surface area contributed by atoms with E-state index >= 15 is 0 Å². The first-order valence-corrected chi connectivity index (χ1v) is 32.4. The first-order valence-electron chi connectivity index (χ1n) is 32.4. The first kappa shape index (κ1) is 73.8. The average Bonchev–Trinajstić information content (AvgIpc) is 3.44. The number of hydrogen-bond donors (Lipinski definition) is 1. The van der Waals surface area contributed by atoms with E-state index in [1.165, 1.54) is 122 Å². The molecular formula is C73H120O5. The zero-order valence-corrected chi connectivity index (χ0v) is 50.6. The van der Waals surface area contributed by atoms with E-state index in [1.807, 2.05) is 0 Å². The van der Waals surface area contributed by atoms with Gasteiger partial charge in [0, 0.05) is 12.8 Å². The van der Waals surface area contributed by atoms with Gasteiger partial charge in [-0.25, -0.2) is 0 Å². The topological polar surface area (TPSA) is 72.8 Å². The van der Waals surface area contributed by atoms with Crippen molar-refractivity contribution in [2.24, 2.45) is 0 Å². The van der Waals surface area contributed by atoms with Gasteiger partial charge >= 0.3 is 11.9 Å². The summed E-state index contributed by atoms with van der Waals surface area (Å²) in [6.07, 6.45) is 101. The molecule has 0 aromatic rings. The van der Waals surface area contributed by atoms with Gasteiger partial charge in [0.25, 0.3) is 0 Å². The van der Waals surface area contributed by atoms with Crippen molar-refractivity contribution in [3.8, 4) is 0 Å². The summed E-state index contributed by atoms with van der Waals surface area (Å²) in [7, 11) is 0. The van der Waals surface area contributed by atoms with E-state index in [-0.39, 0.29) is 25.2 Å². The lowest BCUT2D eigenvalue weighted by atomic mass is 10.0. The zero-order chi connectivity index (χ0) is 56.2. The molecule has 0 heterocycles. The molecule has 78 heavy (non-hydrogen) atoms. The molecule has 0 aliphatic rings. The Balaban J connectivity index is 3.51. The highest BCUT2D eigenvalue weighted by atomic mass is 16.6. The molecular weight excluding hydrogens is 957 g/mol. The summed E-state index contributed by atoms with van der Waals surface area (Å²) in [6, 6.07) is 0. The Morgan fingerprint density at radius 3 is 0.769 bits per heavy atom. The first-order chi connectivity index (χ1) is 38.6. The van der Waals surface area contributed by atoms with Crippen LogP contribution >= 0.6 is 0 Å². The van der Waals surface area contributed by atoms with Gasteiger partial charge in [-0.15, -0.1) is 0 Å². The van der Waals surface area contributed by atoms with Crippen LogP contribution in [0.2, 0.25) is 0 Å². The monoisotopic (exact) mass is 1080 g/mol. The van der Waals surface area contributed by atoms with Crippen molar-refractivity contribution in [3.63, 3.8) is 0 Å². The van der Waals surface area contributed by atoms with Gasteiger partial charge in [0.2, 0.25) is 0 Å². The van der Waals surface area contributed by atoms with Crippen molar-refractivity contribution >= 4 is 11.9 Å². The van der Waals surface area contributed by atoms with Crippen LogP contribution in [-0.2, 0) is 19.1 Å². The fraction of sp³-hybridized carbons (Fsp3) is 0.644. The molecule has 0 amide bonds. The van der Waals surface area contributed by atoms with Crippen molar-refractivity contribution in [2.45, 2.75) is 290 Å². The Hall–Kier alpha value is -4.22. The molecule has 0 saturated carbocycles. The highest BCUT2D eigenvalue weighted by Gasteiger charge is 2.16. The van der Waals surface area contributed by atoms with Gasteiger partial charge in [0.15, 0.2) is 6.10 Å². The summed E-state index contributed by atoms with van der Waals surface area (Å²) in [5, 5.41) is 9.68. The maximum atomic E-state index is 12.3. The van der Waals surface area contributed by atoms with Crippen LogP contribution in [0.25, 0.3) is 0 Å². The maximum absolute atomic E-state index is 12.3. The van der Waals surface area contributed by atoms with Crippen molar-refractivity contribution < 1.29 is 24.2 Å². The van der Waals surface area contributed by atoms with Crippen LogP contribution in [0.1, 0.15) is 284 Å². The summed E-state index contributed by atoms with van der Waals surface area (Å²) in [5.74, 6) is -0.612. The standard InChI is InChI=1S/C73H120O5/c1-3-5-7-9-11-13-15-17-19-21-23-25-27-29-31-32-33-34-35-36-37-38-39-40-42-43-45-47-49-51-53-55-57-59-61-63-65-67-72(75)77-70-71(69-74)78-73(76)68-66-64-62-60-58-56-54-52-50-48-46-44-41-30-28-26-24-22-20-18-16-14-12-10-8-6-4-2/h5-8,11-14,17-20,23-26,29-31,41,46,48,52,54,71,74H,3-4,9-10,15-16,21-22,27-28,32-40,42-45,47,49-51,53,55-70H2,1-2H3/b7-5-,8-6-,13-11-,14-12-,19-17-,20-18-,25-23-,26-24-,31-29-,41-30-,48-46-,54-52-. The third-order valence-electron chi connectivity index (χ3n) is 13.6. The number of carbonyl (C=O) groups is 2. The number of carbonyl (C=O) groups excluding carboxylic acids is 2. The van der Waals surface area contributed by atoms with E-state index < -0.39 is 6.10 Å². The van der Waals surface area contributed by atoms with Crippen molar-refractivity contribution in [2.75, 3.05) is 13.2 Å². The maximum Gasteiger partial charge on any atom is 0.306 e. The Morgan fingerprint density at radius 1 is 0.295 bits per heavy atom. The normalized spacial score (nSPS) is 13.2. The van der Waals surface area contributed by atoms with Gasteiger partial charge in [-0.2, -0.15) is 0 Å². The fourth-order valence-corrected chi connectivity index (χ4v) is 8.86. The highest BCUT2D eigenvalue weighted by molar-refractivity contribution is 5.70. The molecule has 5 heteroatoms. The second kappa shape index (κ2) is 67.1. The van der Waals surface area contributed by atoms with Crippen molar-refractivity contribution in [1.29, 1.82) is 0 Å². The van der Waals surface area contributed by atoms with Crippen LogP contribution in [0, 0.1) is 0 Å². The number of aliphatic hydroxyl groups is 1. The summed E-state index contributed by atoms with van der Waals surface area (Å²) in [5.41, 5.74) is 0. The minimum atomic E-state index is -0.792. The van der Waals surface area contributed by atoms with Gasteiger partial charge in [-0.3, -0.25) is 9.59 Å². The molecule has 0 aliphatic heterocycles. The van der Waals surface area contributed by atoms with Gasteiger partial charge in [-0.1, -0.05) is 301 Å². The molecule has 0 rings (SSSR count). The van der Waals surface area contributed by atoms with Gasteiger partial charge in [0.1, 0.15) is 6.61 Å². The molecule has 0 fully saturated rings. The van der Waals surface area contributed by atoms with Gasteiger partial charge in [-0.05, 0) is 116 Å². The Kier molecular flexibility index (Phi) is 63.4. The summed E-state index contributed by atoms with van der Waals surface area (Å²) >= 11 is 0. The van der Waals surface area contributed by atoms with Gasteiger partial charge < -0.3 is 14.6 Å². The quantitative estimate of drug-likeness (QED) is 0.0373. The summed E-state index contributed by atoms with van der Waals surface area (Å²) < 4.78 is 10.7. The molecule has 1 N–H and O–H groups in total. The van der Waals surface area contributed by atoms with Crippen LogP contribution in [0.4, 0.5) is 0 Å². The number of aliphatic hydroxyl groups excluding tert-OH is 1. The lowest BCUT2D eigenvalue weighted by Gasteiger charge is -2.15. The van der Waals surface area contributed by atoms with E-state index in [9.17, 15) is 14.7 Å². The number of allylic oxidation sites excluding steroid dienone is 24. The van der Waals surface area contributed by atoms with E-state index in [0.717, 1.165) is 135 Å². The average molecular weight is 1080 g/mol. The lowest BCUT2D eigenvalue weighted by Crippen LogP contribution is -2.28. The van der Waals surface area contributed by atoms with Crippen LogP contribution in [-0.4, -0.2) is 36.4 Å². The van der Waals surface area contributed by atoms with E-state index in [4.69, 9.17) is 9.47 Å². The highest BCUT2D eigenvalue weighted by Crippen LogP contribution is 2.17. The molecule has 442 valence electrons. The van der Waals surface area contributed by atoms with E-state index in [2.05, 4.69) is 160 Å². The molecule has 0 spiro atoms. The minimum Gasteiger partial charge on any atom is -0.462 e. The molecule has 5 nitrogen and oxygen atoms in total. The number of rotatable bonds is 58. The van der Waals surface area contributed by atoms with Crippen LogP contribution < -0.4 is 0 Å². The van der Waals surface area contributed by atoms with E-state index in [0.29, 0.717) is 12.8 Å². The molecule has 0 aromatic carbocycles. The van der Waals surface area contributed by atoms with Crippen LogP contribution in [0.15, 0.2) is 146 Å². The molecule has 0 aromatic heterocycles. The molecule has 0 bridgehead atoms. The second-order valence-corrected chi connectivity index (χ2v) is 21.1. The minimum absolute atomic E-state index is 0.0797. The Labute approximate surface area is 482 Å². The summed E-state index contributed by atoms with van der Waals surface area (Å²) in [6.45, 7) is 3.91. The molecule has 1 atom stereocenters. The number of unbranched alkanes of at least 4 members (excludes halogenated alkanes) is 26. The number of ether oxygens (including phenoxy) is 2. The Morgan fingerprint density at radius 2 is 0.513 bits per heavy atom. The van der Waals surface area contributed by atoms with Gasteiger partial charge in [0.05, 0.1) is 6.61 Å². The van der Waals surface area contributed by atoms with Crippen LogP contribution in [0.5, 0.6) is 0 Å². The third-order valence-corrected chi connectivity index (χ3v) is 13.6. The second-order valence-electron chi connectivity index (χ2n) is 21.1. The smallest absolute Gasteiger partial charge is 0.306 e. The molecule has 0 saturated heterocycles. The molecule has 1 unspecified atom stereocenters. The largest absolute Gasteiger partial charge is 0.462 e. The number of esters is 2. The van der Waals surface area contributed by atoms with Crippen LogP contribution in [0.3, 0.4) is 0 Å². The summed E-state index contributed by atoms with van der Waals surface area (Å²) in [4.78, 5) is 24.6. The zero-order valence-electron chi connectivity index (χ0n) is 50.6. The molecule has 0 aliphatic carbocycles. The fourth-order valence-electron chi connectivity index (χ4n) is 8.86. The van der Waals surface area contributed by atoms with Crippen molar-refractivity contribution in [1.82, 2.24) is 0 Å². The predicted octanol–water partition coefficient (Wildman–Crippen LogP) is 22.5. The lowest BCUT2D eigenvalue weighted by molar-refractivity contribution is -0.161. The SMILES string of the molecule is CC/C=C\C/C=C\C/C=C\C/C=C\C/C=C\C/C=C\C/C=C\CCCCCCCC(=O)OC(CO)COC(=O)CCCCCCCCCCCCCCCCCCCCCCC/C=C\C/C=C\C/C=C\C/C=C\C/C=C\CC. The van der Waals surface area contributed by atoms with Crippen molar-refractivity contribution in [3.05, 3.63) is 146 Å².